The van der Waals surface area contributed by atoms with Crippen molar-refractivity contribution in [3.05, 3.63) is 47.5 Å². The number of aliphatic imine (C=N–C) groups is 1. The molecule has 1 fully saturated rings. The van der Waals surface area contributed by atoms with Crippen LogP contribution in [0.5, 0.6) is 0 Å². The van der Waals surface area contributed by atoms with E-state index in [2.05, 4.69) is 30.8 Å². The first kappa shape index (κ1) is 20.0. The number of halogens is 1. The minimum Gasteiger partial charge on any atom is -0.467 e. The Hall–Kier alpha value is -2.74. The summed E-state index contributed by atoms with van der Waals surface area (Å²) >= 11 is 6.25. The Morgan fingerprint density at radius 1 is 1.39 bits per heavy atom. The molecule has 0 spiro atoms. The van der Waals surface area contributed by atoms with Crippen LogP contribution >= 0.6 is 11.6 Å². The van der Waals surface area contributed by atoms with E-state index in [9.17, 15) is 4.79 Å². The van der Waals surface area contributed by atoms with Gasteiger partial charge in [0.05, 0.1) is 17.8 Å². The number of hydrogen-bond donors (Lipinski definition) is 3. The van der Waals surface area contributed by atoms with Crippen molar-refractivity contribution in [2.24, 2.45) is 4.99 Å². The average Bonchev–Trinajstić information content (AvgIpc) is 3.37. The Bertz CT molecular complexity index is 795. The summed E-state index contributed by atoms with van der Waals surface area (Å²) in [6.07, 6.45) is 4.26. The summed E-state index contributed by atoms with van der Waals surface area (Å²) in [7, 11) is 0. The molecule has 0 aliphatic carbocycles. The van der Waals surface area contributed by atoms with Crippen LogP contribution in [-0.2, 0) is 11.3 Å². The van der Waals surface area contributed by atoms with Gasteiger partial charge in [0.2, 0.25) is 5.91 Å². The van der Waals surface area contributed by atoms with Gasteiger partial charge < -0.3 is 25.3 Å². The van der Waals surface area contributed by atoms with Crippen LogP contribution in [-0.4, -0.2) is 49.1 Å². The summed E-state index contributed by atoms with van der Waals surface area (Å²) in [5, 5.41) is 10.0. The number of furan rings is 1. The second kappa shape index (κ2) is 9.98. The highest BCUT2D eigenvalue weighted by atomic mass is 35.5. The van der Waals surface area contributed by atoms with Crippen LogP contribution < -0.4 is 20.9 Å². The summed E-state index contributed by atoms with van der Waals surface area (Å²) < 4.78 is 5.20. The Kier molecular flexibility index (Phi) is 7.13. The molecule has 0 aromatic carbocycles. The molecule has 1 atom stereocenters. The molecule has 2 aromatic rings. The molecule has 2 aromatic heterocycles. The zero-order valence-electron chi connectivity index (χ0n) is 15.8. The maximum absolute atomic E-state index is 12.0. The van der Waals surface area contributed by atoms with Gasteiger partial charge in [-0.3, -0.25) is 4.79 Å². The fourth-order valence-corrected chi connectivity index (χ4v) is 3.24. The molecule has 0 bridgehead atoms. The van der Waals surface area contributed by atoms with Gasteiger partial charge in [0, 0.05) is 31.9 Å². The molecule has 1 unspecified atom stereocenters. The van der Waals surface area contributed by atoms with Gasteiger partial charge in [0.25, 0.3) is 0 Å². The van der Waals surface area contributed by atoms with Crippen LogP contribution in [0.1, 0.15) is 19.1 Å². The van der Waals surface area contributed by atoms with Gasteiger partial charge in [-0.15, -0.1) is 0 Å². The lowest BCUT2D eigenvalue weighted by molar-refractivity contribution is -0.119. The van der Waals surface area contributed by atoms with Crippen molar-refractivity contribution < 1.29 is 9.21 Å². The molecule has 28 heavy (non-hydrogen) atoms. The van der Waals surface area contributed by atoms with Crippen LogP contribution in [0, 0.1) is 0 Å². The van der Waals surface area contributed by atoms with E-state index in [4.69, 9.17) is 16.0 Å². The lowest BCUT2D eigenvalue weighted by atomic mass is 10.3. The Morgan fingerprint density at radius 2 is 2.29 bits per heavy atom. The zero-order chi connectivity index (χ0) is 19.8. The second-order valence-electron chi connectivity index (χ2n) is 6.44. The van der Waals surface area contributed by atoms with E-state index < -0.39 is 0 Å². The van der Waals surface area contributed by atoms with Gasteiger partial charge >= 0.3 is 0 Å². The topological polar surface area (TPSA) is 94.8 Å². The van der Waals surface area contributed by atoms with Crippen molar-refractivity contribution in [3.63, 3.8) is 0 Å². The Balaban J connectivity index is 1.50. The third-order valence-corrected chi connectivity index (χ3v) is 4.63. The smallest absolute Gasteiger partial charge is 0.242 e. The number of amides is 1. The molecule has 150 valence electrons. The molecule has 1 aliphatic heterocycles. The van der Waals surface area contributed by atoms with Crippen LogP contribution in [0.3, 0.4) is 0 Å². The van der Waals surface area contributed by atoms with Gasteiger partial charge in [-0.05, 0) is 37.6 Å². The molecule has 1 amide bonds. The van der Waals surface area contributed by atoms with Gasteiger partial charge in [-0.2, -0.15) is 0 Å². The quantitative estimate of drug-likeness (QED) is 0.481. The van der Waals surface area contributed by atoms with Gasteiger partial charge in [0.15, 0.2) is 5.96 Å². The number of carbonyl (C=O) groups excluding carboxylic acids is 1. The maximum atomic E-state index is 12.0. The van der Waals surface area contributed by atoms with Crippen LogP contribution in [0.4, 0.5) is 5.82 Å². The van der Waals surface area contributed by atoms with E-state index in [1.54, 1.807) is 18.5 Å². The highest BCUT2D eigenvalue weighted by Crippen LogP contribution is 2.25. The van der Waals surface area contributed by atoms with Crippen LogP contribution in [0.15, 0.2) is 46.1 Å². The summed E-state index contributed by atoms with van der Waals surface area (Å²) in [4.78, 5) is 22.9. The van der Waals surface area contributed by atoms with Crippen LogP contribution in [0.25, 0.3) is 0 Å². The van der Waals surface area contributed by atoms with Crippen molar-refractivity contribution in [2.45, 2.75) is 25.9 Å². The maximum Gasteiger partial charge on any atom is 0.242 e. The SMILES string of the molecule is CCNC(=NCC(=O)NCc1ccco1)NC1CCN(c2ncccc2Cl)C1. The summed E-state index contributed by atoms with van der Waals surface area (Å²) in [6, 6.07) is 7.47. The Morgan fingerprint density at radius 3 is 3.04 bits per heavy atom. The number of nitrogens with zero attached hydrogens (tertiary/aromatic N) is 3. The molecule has 1 saturated heterocycles. The molecule has 8 nitrogen and oxygen atoms in total. The monoisotopic (exact) mass is 404 g/mol. The van der Waals surface area contributed by atoms with E-state index in [0.717, 1.165) is 25.3 Å². The van der Waals surface area contributed by atoms with Crippen molar-refractivity contribution in [2.75, 3.05) is 31.1 Å². The minimum absolute atomic E-state index is 0.0402. The molecule has 3 rings (SSSR count). The highest BCUT2D eigenvalue weighted by molar-refractivity contribution is 6.32. The predicted molar refractivity (Wildman–Crippen MR) is 110 cm³/mol. The molecular weight excluding hydrogens is 380 g/mol. The fourth-order valence-electron chi connectivity index (χ4n) is 3.00. The number of nitrogens with one attached hydrogen (secondary N) is 3. The van der Waals surface area contributed by atoms with Crippen molar-refractivity contribution in [1.29, 1.82) is 0 Å². The number of hydrogen-bond acceptors (Lipinski definition) is 5. The van der Waals surface area contributed by atoms with Gasteiger partial charge in [0.1, 0.15) is 18.1 Å². The van der Waals surface area contributed by atoms with Crippen molar-refractivity contribution in [3.8, 4) is 0 Å². The summed E-state index contributed by atoms with van der Waals surface area (Å²) in [5.41, 5.74) is 0. The van der Waals surface area contributed by atoms with E-state index in [-0.39, 0.29) is 18.5 Å². The molecule has 1 aliphatic rings. The summed E-state index contributed by atoms with van der Waals surface area (Å²) in [5.74, 6) is 1.96. The highest BCUT2D eigenvalue weighted by Gasteiger charge is 2.25. The third kappa shape index (κ3) is 5.63. The van der Waals surface area contributed by atoms with Gasteiger partial charge in [-0.25, -0.2) is 9.98 Å². The molecule has 3 N–H and O–H groups in total. The molecule has 0 radical (unpaired) electrons. The largest absolute Gasteiger partial charge is 0.467 e. The minimum atomic E-state index is -0.165. The molecule has 9 heteroatoms. The Labute approximate surface area is 169 Å². The molecule has 3 heterocycles. The summed E-state index contributed by atoms with van der Waals surface area (Å²) in [6.45, 7) is 4.72. The number of aromatic nitrogens is 1. The number of carbonyl (C=O) groups is 1. The molecule has 0 saturated carbocycles. The normalized spacial score (nSPS) is 16.9. The van der Waals surface area contributed by atoms with E-state index in [1.165, 1.54) is 0 Å². The third-order valence-electron chi connectivity index (χ3n) is 4.33. The first-order chi connectivity index (χ1) is 13.7. The lowest BCUT2D eigenvalue weighted by Gasteiger charge is -2.20. The number of pyridine rings is 1. The van der Waals surface area contributed by atoms with E-state index in [1.807, 2.05) is 25.1 Å². The van der Waals surface area contributed by atoms with Crippen molar-refractivity contribution in [1.82, 2.24) is 20.9 Å². The number of guanidine groups is 1. The average molecular weight is 405 g/mol. The van der Waals surface area contributed by atoms with E-state index in [0.29, 0.717) is 29.8 Å². The second-order valence-corrected chi connectivity index (χ2v) is 6.84. The zero-order valence-corrected chi connectivity index (χ0v) is 16.6. The van der Waals surface area contributed by atoms with Gasteiger partial charge in [-0.1, -0.05) is 11.6 Å². The van der Waals surface area contributed by atoms with Crippen LogP contribution in [0.2, 0.25) is 5.02 Å². The first-order valence-corrected chi connectivity index (χ1v) is 9.73. The van der Waals surface area contributed by atoms with Crippen molar-refractivity contribution >= 4 is 29.3 Å². The fraction of sp³-hybridized carbons (Fsp3) is 0.421. The number of rotatable bonds is 7. The van der Waals surface area contributed by atoms with E-state index >= 15 is 0 Å². The predicted octanol–water partition coefficient (Wildman–Crippen LogP) is 1.78. The molecular formula is C19H25ClN6O2. The lowest BCUT2D eigenvalue weighted by Crippen LogP contribution is -2.45. The first-order valence-electron chi connectivity index (χ1n) is 9.35. The standard InChI is InChI=1S/C19H25ClN6O2/c1-2-21-19(24-12-17(27)23-11-15-5-4-10-28-15)25-14-7-9-26(13-14)18-16(20)6-3-8-22-18/h3-6,8,10,14H,2,7,9,11-13H2,1H3,(H,23,27)(H2,21,24,25). The number of anilines is 1.